The molecule has 0 N–H and O–H groups in total. The predicted molar refractivity (Wildman–Crippen MR) is 63.7 cm³/mol. The van der Waals surface area contributed by atoms with Gasteiger partial charge in [-0.2, -0.15) is 0 Å². The van der Waals surface area contributed by atoms with Crippen LogP contribution in [-0.2, 0) is 0 Å². The van der Waals surface area contributed by atoms with Gasteiger partial charge in [-0.3, -0.25) is 0 Å². The number of hydrogen-bond donors (Lipinski definition) is 0. The van der Waals surface area contributed by atoms with E-state index in [0.717, 1.165) is 0 Å². The SMILES string of the molecule is CC(C)(C)C.Cc1csc(C)c1C. The van der Waals surface area contributed by atoms with Crippen molar-refractivity contribution in [2.24, 2.45) is 5.41 Å². The van der Waals surface area contributed by atoms with Crippen molar-refractivity contribution in [2.75, 3.05) is 0 Å². The van der Waals surface area contributed by atoms with Gasteiger partial charge < -0.3 is 0 Å². The molecule has 0 spiro atoms. The third-order valence-corrected chi connectivity index (χ3v) is 2.66. The van der Waals surface area contributed by atoms with Crippen LogP contribution < -0.4 is 0 Å². The van der Waals surface area contributed by atoms with E-state index in [2.05, 4.69) is 53.8 Å². The molecule has 76 valence electrons. The molecule has 13 heavy (non-hydrogen) atoms. The summed E-state index contributed by atoms with van der Waals surface area (Å²) in [6.45, 7) is 15.2. The summed E-state index contributed by atoms with van der Waals surface area (Å²) in [5.74, 6) is 0. The van der Waals surface area contributed by atoms with Gasteiger partial charge in [0.2, 0.25) is 0 Å². The molecule has 0 atom stereocenters. The summed E-state index contributed by atoms with van der Waals surface area (Å²) in [7, 11) is 0. The van der Waals surface area contributed by atoms with Crippen LogP contribution in [0.5, 0.6) is 0 Å². The first-order valence-electron chi connectivity index (χ1n) is 4.73. The van der Waals surface area contributed by atoms with Crippen LogP contribution >= 0.6 is 11.3 Å². The van der Waals surface area contributed by atoms with Crippen LogP contribution in [0.2, 0.25) is 0 Å². The van der Waals surface area contributed by atoms with Crippen molar-refractivity contribution in [3.05, 3.63) is 21.4 Å². The maximum absolute atomic E-state index is 2.20. The largest absolute Gasteiger partial charge is 0.149 e. The monoisotopic (exact) mass is 198 g/mol. The van der Waals surface area contributed by atoms with E-state index in [4.69, 9.17) is 0 Å². The molecule has 0 aliphatic heterocycles. The van der Waals surface area contributed by atoms with Gasteiger partial charge in [0, 0.05) is 4.88 Å². The topological polar surface area (TPSA) is 0 Å². The number of thiophene rings is 1. The lowest BCUT2D eigenvalue weighted by molar-refractivity contribution is 0.469. The molecular formula is C12H22S. The summed E-state index contributed by atoms with van der Waals surface area (Å²) in [6, 6.07) is 0. The molecule has 0 aliphatic carbocycles. The molecule has 1 heterocycles. The Morgan fingerprint density at radius 3 is 1.46 bits per heavy atom. The third kappa shape index (κ3) is 6.83. The molecule has 0 fully saturated rings. The Bertz CT molecular complexity index is 225. The first-order valence-corrected chi connectivity index (χ1v) is 5.61. The van der Waals surface area contributed by atoms with E-state index in [1.165, 1.54) is 16.0 Å². The minimum Gasteiger partial charge on any atom is -0.149 e. The van der Waals surface area contributed by atoms with Crippen LogP contribution in [0.4, 0.5) is 0 Å². The van der Waals surface area contributed by atoms with Crippen molar-refractivity contribution in [1.82, 2.24) is 0 Å². The average Bonchev–Trinajstić information content (AvgIpc) is 2.16. The van der Waals surface area contributed by atoms with Crippen LogP contribution in [0.3, 0.4) is 0 Å². The van der Waals surface area contributed by atoms with Crippen LogP contribution in [0.1, 0.15) is 43.7 Å². The Morgan fingerprint density at radius 1 is 1.00 bits per heavy atom. The smallest absolute Gasteiger partial charge is 0.00461 e. The van der Waals surface area contributed by atoms with E-state index in [9.17, 15) is 0 Å². The summed E-state index contributed by atoms with van der Waals surface area (Å²) < 4.78 is 0. The van der Waals surface area contributed by atoms with Gasteiger partial charge in [0.25, 0.3) is 0 Å². The van der Waals surface area contributed by atoms with Crippen molar-refractivity contribution in [1.29, 1.82) is 0 Å². The van der Waals surface area contributed by atoms with E-state index in [1.54, 1.807) is 0 Å². The van der Waals surface area contributed by atoms with E-state index in [0.29, 0.717) is 5.41 Å². The van der Waals surface area contributed by atoms with Crippen LogP contribution in [-0.4, -0.2) is 0 Å². The Labute approximate surface area is 87.0 Å². The third-order valence-electron chi connectivity index (χ3n) is 1.53. The van der Waals surface area contributed by atoms with Gasteiger partial charge in [0.1, 0.15) is 0 Å². The fraction of sp³-hybridized carbons (Fsp3) is 0.667. The second-order valence-corrected chi connectivity index (χ2v) is 6.18. The first kappa shape index (κ1) is 12.7. The molecule has 0 aromatic carbocycles. The first-order chi connectivity index (χ1) is 5.72. The second-order valence-electron chi connectivity index (χ2n) is 5.10. The molecule has 0 bridgehead atoms. The van der Waals surface area contributed by atoms with E-state index < -0.39 is 0 Å². The lowest BCUT2D eigenvalue weighted by Crippen LogP contribution is -1.93. The summed E-state index contributed by atoms with van der Waals surface area (Å²) in [5.41, 5.74) is 3.38. The van der Waals surface area contributed by atoms with E-state index in [1.807, 2.05) is 11.3 Å². The van der Waals surface area contributed by atoms with Crippen molar-refractivity contribution in [2.45, 2.75) is 48.5 Å². The van der Waals surface area contributed by atoms with Gasteiger partial charge in [-0.1, -0.05) is 27.7 Å². The minimum atomic E-state index is 0.500. The molecule has 0 nitrogen and oxygen atoms in total. The van der Waals surface area contributed by atoms with Crippen molar-refractivity contribution < 1.29 is 0 Å². The molecular weight excluding hydrogens is 176 g/mol. The highest BCUT2D eigenvalue weighted by Crippen LogP contribution is 2.18. The summed E-state index contributed by atoms with van der Waals surface area (Å²) >= 11 is 1.83. The summed E-state index contributed by atoms with van der Waals surface area (Å²) in [5, 5.41) is 2.20. The standard InChI is InChI=1S/C7H10S.C5H12/c1-5-4-8-7(3)6(5)2;1-5(2,3)4/h4H,1-3H3;1-4H3. The van der Waals surface area contributed by atoms with Crippen molar-refractivity contribution in [3.63, 3.8) is 0 Å². The van der Waals surface area contributed by atoms with Crippen molar-refractivity contribution >= 4 is 11.3 Å². The molecule has 0 saturated carbocycles. The highest BCUT2D eigenvalue weighted by atomic mass is 32.1. The number of aryl methyl sites for hydroxylation is 2. The van der Waals surface area contributed by atoms with Gasteiger partial charge in [-0.15, -0.1) is 11.3 Å². The lowest BCUT2D eigenvalue weighted by atomic mass is 10.0. The van der Waals surface area contributed by atoms with Gasteiger partial charge in [-0.05, 0) is 42.7 Å². The molecule has 0 radical (unpaired) electrons. The van der Waals surface area contributed by atoms with Gasteiger partial charge >= 0.3 is 0 Å². The lowest BCUT2D eigenvalue weighted by Gasteiger charge is -2.05. The molecule has 1 aromatic heterocycles. The van der Waals surface area contributed by atoms with E-state index >= 15 is 0 Å². The maximum atomic E-state index is 2.20. The summed E-state index contributed by atoms with van der Waals surface area (Å²) in [6.07, 6.45) is 0. The van der Waals surface area contributed by atoms with Gasteiger partial charge in [0.15, 0.2) is 0 Å². The Balaban J connectivity index is 0.000000252. The zero-order chi connectivity index (χ0) is 10.6. The van der Waals surface area contributed by atoms with Crippen LogP contribution in [0.15, 0.2) is 5.38 Å². The minimum absolute atomic E-state index is 0.500. The van der Waals surface area contributed by atoms with Crippen LogP contribution in [0.25, 0.3) is 0 Å². The van der Waals surface area contributed by atoms with Crippen molar-refractivity contribution in [3.8, 4) is 0 Å². The van der Waals surface area contributed by atoms with E-state index in [-0.39, 0.29) is 0 Å². The molecule has 1 heteroatoms. The van der Waals surface area contributed by atoms with Gasteiger partial charge in [-0.25, -0.2) is 0 Å². The molecule has 0 unspecified atom stereocenters. The quantitative estimate of drug-likeness (QED) is 0.565. The highest BCUT2D eigenvalue weighted by Gasteiger charge is 1.96. The average molecular weight is 198 g/mol. The molecule has 0 amide bonds. The zero-order valence-corrected chi connectivity index (χ0v) is 10.8. The normalized spacial score (nSPS) is 10.7. The van der Waals surface area contributed by atoms with Gasteiger partial charge in [0.05, 0.1) is 0 Å². The molecule has 0 saturated heterocycles. The fourth-order valence-corrected chi connectivity index (χ4v) is 1.50. The predicted octanol–water partition coefficient (Wildman–Crippen LogP) is 4.73. The fourth-order valence-electron chi connectivity index (χ4n) is 0.631. The highest BCUT2D eigenvalue weighted by molar-refractivity contribution is 7.10. The molecule has 1 rings (SSSR count). The molecule has 0 aliphatic rings. The molecule has 1 aromatic rings. The zero-order valence-electron chi connectivity index (χ0n) is 9.99. The second kappa shape index (κ2) is 4.80. The number of rotatable bonds is 0. The summed E-state index contributed by atoms with van der Waals surface area (Å²) in [4.78, 5) is 1.45. The Morgan fingerprint density at radius 2 is 1.38 bits per heavy atom. The van der Waals surface area contributed by atoms with Crippen LogP contribution in [0, 0.1) is 26.2 Å². The maximum Gasteiger partial charge on any atom is 0.00461 e. The number of hydrogen-bond acceptors (Lipinski definition) is 1. The Kier molecular flexibility index (Phi) is 4.69. The Hall–Kier alpha value is -0.300.